The van der Waals surface area contributed by atoms with Gasteiger partial charge in [0, 0.05) is 31.3 Å². The van der Waals surface area contributed by atoms with Crippen molar-refractivity contribution in [3.63, 3.8) is 0 Å². The Kier molecular flexibility index (Phi) is 5.91. The number of aryl methyl sites for hydroxylation is 1. The summed E-state index contributed by atoms with van der Waals surface area (Å²) < 4.78 is 13.1. The maximum atomic E-state index is 12.7. The molecule has 6 nitrogen and oxygen atoms in total. The van der Waals surface area contributed by atoms with E-state index in [-0.39, 0.29) is 11.8 Å². The quantitative estimate of drug-likeness (QED) is 0.627. The standard InChI is InChI=1S/C23H25N3O3/c1-26-15-20(22(25-26)18-11-13-28-16-18)23(27)24-12-14-29-21-10-6-5-9-19(21)17-7-3-2-4-8-17/h2-10,15,18H,11-14,16H2,1H3,(H,24,27). The van der Waals surface area contributed by atoms with Crippen LogP contribution < -0.4 is 10.1 Å². The molecule has 1 unspecified atom stereocenters. The number of carbonyl (C=O) groups is 1. The molecule has 1 N–H and O–H groups in total. The van der Waals surface area contributed by atoms with Crippen molar-refractivity contribution < 1.29 is 14.3 Å². The highest BCUT2D eigenvalue weighted by molar-refractivity contribution is 5.95. The largest absolute Gasteiger partial charge is 0.491 e. The fourth-order valence-corrected chi connectivity index (χ4v) is 3.60. The van der Waals surface area contributed by atoms with Crippen LogP contribution in [0.1, 0.15) is 28.4 Å². The van der Waals surface area contributed by atoms with Gasteiger partial charge in [0.15, 0.2) is 0 Å². The first-order valence-corrected chi connectivity index (χ1v) is 9.89. The van der Waals surface area contributed by atoms with Crippen molar-refractivity contribution >= 4 is 5.91 Å². The number of aromatic nitrogens is 2. The van der Waals surface area contributed by atoms with Crippen LogP contribution in [-0.4, -0.2) is 42.1 Å². The van der Waals surface area contributed by atoms with Crippen molar-refractivity contribution in [1.82, 2.24) is 15.1 Å². The minimum Gasteiger partial charge on any atom is -0.491 e. The van der Waals surface area contributed by atoms with Gasteiger partial charge in [-0.1, -0.05) is 48.5 Å². The topological polar surface area (TPSA) is 65.4 Å². The number of nitrogens with zero attached hydrogens (tertiary/aromatic N) is 2. The average Bonchev–Trinajstić information content (AvgIpc) is 3.41. The molecule has 1 aromatic heterocycles. The van der Waals surface area contributed by atoms with E-state index in [2.05, 4.69) is 22.5 Å². The zero-order chi connectivity index (χ0) is 20.1. The van der Waals surface area contributed by atoms with Crippen LogP contribution in [0.25, 0.3) is 11.1 Å². The molecule has 1 saturated heterocycles. The van der Waals surface area contributed by atoms with Crippen molar-refractivity contribution in [2.45, 2.75) is 12.3 Å². The lowest BCUT2D eigenvalue weighted by molar-refractivity contribution is 0.0945. The van der Waals surface area contributed by atoms with E-state index in [1.54, 1.807) is 10.9 Å². The monoisotopic (exact) mass is 391 g/mol. The Morgan fingerprint density at radius 3 is 2.79 bits per heavy atom. The summed E-state index contributed by atoms with van der Waals surface area (Å²) in [6.45, 7) is 2.14. The average molecular weight is 391 g/mol. The van der Waals surface area contributed by atoms with Crippen LogP contribution in [0, 0.1) is 0 Å². The zero-order valence-electron chi connectivity index (χ0n) is 16.5. The summed E-state index contributed by atoms with van der Waals surface area (Å²) in [7, 11) is 1.83. The van der Waals surface area contributed by atoms with Crippen LogP contribution in [0.3, 0.4) is 0 Å². The second-order valence-corrected chi connectivity index (χ2v) is 7.13. The third-order valence-corrected chi connectivity index (χ3v) is 5.04. The molecule has 2 heterocycles. The Labute approximate surface area is 170 Å². The smallest absolute Gasteiger partial charge is 0.254 e. The van der Waals surface area contributed by atoms with Gasteiger partial charge in [-0.2, -0.15) is 5.10 Å². The molecule has 29 heavy (non-hydrogen) atoms. The fourth-order valence-electron chi connectivity index (χ4n) is 3.60. The molecule has 3 aromatic rings. The molecule has 0 spiro atoms. The van der Waals surface area contributed by atoms with E-state index in [0.717, 1.165) is 35.6 Å². The van der Waals surface area contributed by atoms with Gasteiger partial charge in [-0.25, -0.2) is 0 Å². The highest BCUT2D eigenvalue weighted by Gasteiger charge is 2.26. The van der Waals surface area contributed by atoms with E-state index in [1.165, 1.54) is 0 Å². The van der Waals surface area contributed by atoms with Crippen LogP contribution >= 0.6 is 0 Å². The molecule has 1 fully saturated rings. The molecular formula is C23H25N3O3. The van der Waals surface area contributed by atoms with Crippen LogP contribution in [0.2, 0.25) is 0 Å². The maximum absolute atomic E-state index is 12.7. The maximum Gasteiger partial charge on any atom is 0.254 e. The van der Waals surface area contributed by atoms with Crippen molar-refractivity contribution in [2.75, 3.05) is 26.4 Å². The summed E-state index contributed by atoms with van der Waals surface area (Å²) in [5, 5.41) is 7.43. The summed E-state index contributed by atoms with van der Waals surface area (Å²) in [5.74, 6) is 0.865. The number of carbonyl (C=O) groups excluding carboxylic acids is 1. The molecule has 1 amide bonds. The van der Waals surface area contributed by atoms with E-state index in [0.29, 0.717) is 25.3 Å². The molecule has 0 bridgehead atoms. The Bertz CT molecular complexity index is 963. The summed E-state index contributed by atoms with van der Waals surface area (Å²) in [6, 6.07) is 18.0. The van der Waals surface area contributed by atoms with Gasteiger partial charge in [-0.15, -0.1) is 0 Å². The van der Waals surface area contributed by atoms with Gasteiger partial charge >= 0.3 is 0 Å². The highest BCUT2D eigenvalue weighted by Crippen LogP contribution is 2.29. The second-order valence-electron chi connectivity index (χ2n) is 7.13. The normalized spacial score (nSPS) is 16.0. The number of hydrogen-bond acceptors (Lipinski definition) is 4. The molecular weight excluding hydrogens is 366 g/mol. The third-order valence-electron chi connectivity index (χ3n) is 5.04. The van der Waals surface area contributed by atoms with Gasteiger partial charge in [0.1, 0.15) is 12.4 Å². The fraction of sp³-hybridized carbons (Fsp3) is 0.304. The molecule has 1 atom stereocenters. The van der Waals surface area contributed by atoms with Crippen LogP contribution in [0.15, 0.2) is 60.8 Å². The molecule has 0 radical (unpaired) electrons. The minimum absolute atomic E-state index is 0.125. The van der Waals surface area contributed by atoms with E-state index in [4.69, 9.17) is 9.47 Å². The lowest BCUT2D eigenvalue weighted by Crippen LogP contribution is -2.29. The first kappa shape index (κ1) is 19.2. The highest BCUT2D eigenvalue weighted by atomic mass is 16.5. The van der Waals surface area contributed by atoms with Crippen molar-refractivity contribution in [2.24, 2.45) is 7.05 Å². The molecule has 1 aliphatic heterocycles. The Hall–Kier alpha value is -3.12. The predicted octanol–water partition coefficient (Wildman–Crippen LogP) is 3.40. The zero-order valence-corrected chi connectivity index (χ0v) is 16.5. The Morgan fingerprint density at radius 2 is 2.00 bits per heavy atom. The van der Waals surface area contributed by atoms with Crippen molar-refractivity contribution in [1.29, 1.82) is 0 Å². The van der Waals surface area contributed by atoms with Crippen LogP contribution in [-0.2, 0) is 11.8 Å². The van der Waals surface area contributed by atoms with E-state index >= 15 is 0 Å². The Balaban J connectivity index is 1.36. The molecule has 2 aromatic carbocycles. The van der Waals surface area contributed by atoms with Gasteiger partial charge in [-0.05, 0) is 18.1 Å². The minimum atomic E-state index is -0.125. The van der Waals surface area contributed by atoms with Crippen LogP contribution in [0.5, 0.6) is 5.75 Å². The van der Waals surface area contributed by atoms with E-state index in [1.807, 2.05) is 49.5 Å². The molecule has 1 aliphatic rings. The number of hydrogen-bond donors (Lipinski definition) is 1. The van der Waals surface area contributed by atoms with Crippen molar-refractivity contribution in [3.8, 4) is 16.9 Å². The van der Waals surface area contributed by atoms with Gasteiger partial charge in [-0.3, -0.25) is 9.48 Å². The molecule has 0 aliphatic carbocycles. The summed E-state index contributed by atoms with van der Waals surface area (Å²) >= 11 is 0. The van der Waals surface area contributed by atoms with Gasteiger partial charge in [0.05, 0.1) is 24.4 Å². The summed E-state index contributed by atoms with van der Waals surface area (Å²) in [4.78, 5) is 12.7. The molecule has 150 valence electrons. The first-order chi connectivity index (χ1) is 14.2. The molecule has 0 saturated carbocycles. The Morgan fingerprint density at radius 1 is 1.21 bits per heavy atom. The number of para-hydroxylation sites is 1. The lowest BCUT2D eigenvalue weighted by atomic mass is 10.0. The number of nitrogens with one attached hydrogen (secondary N) is 1. The number of amides is 1. The predicted molar refractivity (Wildman–Crippen MR) is 111 cm³/mol. The summed E-state index contributed by atoms with van der Waals surface area (Å²) in [5.41, 5.74) is 3.58. The van der Waals surface area contributed by atoms with Gasteiger partial charge in [0.2, 0.25) is 0 Å². The SMILES string of the molecule is Cn1cc(C(=O)NCCOc2ccccc2-c2ccccc2)c(C2CCOC2)n1. The lowest BCUT2D eigenvalue weighted by Gasteiger charge is -2.12. The van der Waals surface area contributed by atoms with E-state index < -0.39 is 0 Å². The third kappa shape index (κ3) is 4.49. The van der Waals surface area contributed by atoms with Crippen molar-refractivity contribution in [3.05, 3.63) is 72.1 Å². The summed E-state index contributed by atoms with van der Waals surface area (Å²) in [6.07, 6.45) is 2.67. The number of ether oxygens (including phenoxy) is 2. The molecule has 4 rings (SSSR count). The second kappa shape index (κ2) is 8.92. The number of rotatable bonds is 7. The van der Waals surface area contributed by atoms with Gasteiger partial charge in [0.25, 0.3) is 5.91 Å². The first-order valence-electron chi connectivity index (χ1n) is 9.89. The number of benzene rings is 2. The van der Waals surface area contributed by atoms with E-state index in [9.17, 15) is 4.79 Å². The molecule has 6 heteroatoms. The van der Waals surface area contributed by atoms with Gasteiger partial charge < -0.3 is 14.8 Å². The van der Waals surface area contributed by atoms with Crippen LogP contribution in [0.4, 0.5) is 0 Å².